The Morgan fingerprint density at radius 2 is 2.05 bits per heavy atom. The molecular formula is C15H15N3O2. The van der Waals surface area contributed by atoms with Gasteiger partial charge in [0.15, 0.2) is 0 Å². The summed E-state index contributed by atoms with van der Waals surface area (Å²) in [6.45, 7) is 2.38. The molecule has 2 heterocycles. The molecule has 1 aromatic carbocycles. The molecule has 0 saturated carbocycles. The molecule has 0 atom stereocenters. The van der Waals surface area contributed by atoms with Crippen LogP contribution in [0.15, 0.2) is 30.6 Å². The van der Waals surface area contributed by atoms with Crippen molar-refractivity contribution in [2.45, 2.75) is 13.3 Å². The number of carbonyl (C=O) groups is 2. The van der Waals surface area contributed by atoms with E-state index in [0.29, 0.717) is 18.5 Å². The molecule has 1 aliphatic heterocycles. The van der Waals surface area contributed by atoms with E-state index in [1.807, 2.05) is 36.9 Å². The number of amides is 1. The van der Waals surface area contributed by atoms with Crippen LogP contribution in [0.25, 0.3) is 0 Å². The summed E-state index contributed by atoms with van der Waals surface area (Å²) < 4.78 is 1.92. The Kier molecular flexibility index (Phi) is 2.89. The van der Waals surface area contributed by atoms with Crippen LogP contribution < -0.4 is 4.90 Å². The number of ketones is 1. The maximum atomic E-state index is 12.1. The van der Waals surface area contributed by atoms with Gasteiger partial charge in [0.2, 0.25) is 0 Å². The van der Waals surface area contributed by atoms with Crippen molar-refractivity contribution in [1.82, 2.24) is 9.55 Å². The number of rotatable bonds is 3. The third-order valence-electron chi connectivity index (χ3n) is 3.67. The van der Waals surface area contributed by atoms with E-state index in [-0.39, 0.29) is 0 Å². The SMILES string of the molecule is Cc1cccc2c1N(CCc1nccn1C)C(=O)C2=O. The maximum Gasteiger partial charge on any atom is 0.299 e. The molecule has 3 rings (SSSR count). The number of aryl methyl sites for hydroxylation is 2. The minimum atomic E-state index is -0.441. The van der Waals surface area contributed by atoms with E-state index >= 15 is 0 Å². The summed E-state index contributed by atoms with van der Waals surface area (Å²) in [7, 11) is 1.92. The zero-order valence-electron chi connectivity index (χ0n) is 11.5. The Morgan fingerprint density at radius 3 is 2.75 bits per heavy atom. The second-order valence-corrected chi connectivity index (χ2v) is 4.96. The molecule has 0 unspecified atom stereocenters. The van der Waals surface area contributed by atoms with Crippen LogP contribution in [0.3, 0.4) is 0 Å². The minimum Gasteiger partial charge on any atom is -0.338 e. The lowest BCUT2D eigenvalue weighted by Gasteiger charge is -2.18. The monoisotopic (exact) mass is 269 g/mol. The minimum absolute atomic E-state index is 0.413. The van der Waals surface area contributed by atoms with E-state index in [2.05, 4.69) is 4.98 Å². The molecular weight excluding hydrogens is 254 g/mol. The van der Waals surface area contributed by atoms with Gasteiger partial charge < -0.3 is 9.47 Å². The smallest absolute Gasteiger partial charge is 0.299 e. The van der Waals surface area contributed by atoms with Gasteiger partial charge in [-0.05, 0) is 18.6 Å². The van der Waals surface area contributed by atoms with Crippen LogP contribution in [-0.2, 0) is 18.3 Å². The Hall–Kier alpha value is -2.43. The third kappa shape index (κ3) is 1.82. The number of hydrogen-bond donors (Lipinski definition) is 0. The van der Waals surface area contributed by atoms with Crippen LogP contribution in [0.5, 0.6) is 0 Å². The van der Waals surface area contributed by atoms with E-state index in [1.54, 1.807) is 17.2 Å². The first kappa shape index (κ1) is 12.6. The van der Waals surface area contributed by atoms with E-state index in [4.69, 9.17) is 0 Å². The number of hydrogen-bond acceptors (Lipinski definition) is 3. The van der Waals surface area contributed by atoms with Crippen LogP contribution in [0.1, 0.15) is 21.7 Å². The second kappa shape index (κ2) is 4.59. The maximum absolute atomic E-state index is 12.1. The summed E-state index contributed by atoms with van der Waals surface area (Å²) in [5, 5.41) is 0. The van der Waals surface area contributed by atoms with Gasteiger partial charge in [0.25, 0.3) is 11.7 Å². The molecule has 5 heteroatoms. The van der Waals surface area contributed by atoms with Crippen LogP contribution in [0.4, 0.5) is 5.69 Å². The van der Waals surface area contributed by atoms with Crippen molar-refractivity contribution >= 4 is 17.4 Å². The molecule has 20 heavy (non-hydrogen) atoms. The van der Waals surface area contributed by atoms with Crippen LogP contribution in [-0.4, -0.2) is 27.8 Å². The highest BCUT2D eigenvalue weighted by molar-refractivity contribution is 6.52. The lowest BCUT2D eigenvalue weighted by Crippen LogP contribution is -2.32. The fourth-order valence-electron chi connectivity index (χ4n) is 2.60. The summed E-state index contributed by atoms with van der Waals surface area (Å²) in [6.07, 6.45) is 4.22. The van der Waals surface area contributed by atoms with Gasteiger partial charge >= 0.3 is 0 Å². The van der Waals surface area contributed by atoms with Gasteiger partial charge in [-0.3, -0.25) is 9.59 Å². The molecule has 0 saturated heterocycles. The largest absolute Gasteiger partial charge is 0.338 e. The molecule has 1 aliphatic rings. The van der Waals surface area contributed by atoms with E-state index in [9.17, 15) is 9.59 Å². The molecule has 2 aromatic rings. The Bertz CT molecular complexity index is 703. The molecule has 0 spiro atoms. The summed E-state index contributed by atoms with van der Waals surface area (Å²) >= 11 is 0. The predicted octanol–water partition coefficient (Wildman–Crippen LogP) is 1.50. The quantitative estimate of drug-likeness (QED) is 0.793. The molecule has 0 bridgehead atoms. The molecule has 0 N–H and O–H groups in total. The van der Waals surface area contributed by atoms with Crippen LogP contribution in [0.2, 0.25) is 0 Å². The highest BCUT2D eigenvalue weighted by atomic mass is 16.2. The van der Waals surface area contributed by atoms with Crippen molar-refractivity contribution in [1.29, 1.82) is 0 Å². The van der Waals surface area contributed by atoms with Gasteiger partial charge in [-0.2, -0.15) is 0 Å². The number of aromatic nitrogens is 2. The molecule has 0 fully saturated rings. The molecule has 5 nitrogen and oxygen atoms in total. The van der Waals surface area contributed by atoms with Gasteiger partial charge in [-0.15, -0.1) is 0 Å². The number of imidazole rings is 1. The summed E-state index contributed by atoms with van der Waals surface area (Å²) in [4.78, 5) is 29.9. The molecule has 1 aromatic heterocycles. The van der Waals surface area contributed by atoms with Gasteiger partial charge in [0.1, 0.15) is 5.82 Å². The van der Waals surface area contributed by atoms with E-state index < -0.39 is 11.7 Å². The average molecular weight is 269 g/mol. The van der Waals surface area contributed by atoms with Crippen molar-refractivity contribution in [2.75, 3.05) is 11.4 Å². The first-order valence-corrected chi connectivity index (χ1v) is 6.51. The number of para-hydroxylation sites is 1. The number of carbonyl (C=O) groups excluding carboxylic acids is 2. The van der Waals surface area contributed by atoms with Crippen molar-refractivity contribution in [3.8, 4) is 0 Å². The number of anilines is 1. The second-order valence-electron chi connectivity index (χ2n) is 4.96. The van der Waals surface area contributed by atoms with Gasteiger partial charge in [0, 0.05) is 32.4 Å². The lowest BCUT2D eigenvalue weighted by atomic mass is 10.1. The first-order valence-electron chi connectivity index (χ1n) is 6.51. The lowest BCUT2D eigenvalue weighted by molar-refractivity contribution is -0.114. The number of fused-ring (bicyclic) bond motifs is 1. The number of nitrogens with zero attached hydrogens (tertiary/aromatic N) is 3. The molecule has 0 radical (unpaired) electrons. The van der Waals surface area contributed by atoms with Crippen molar-refractivity contribution < 1.29 is 9.59 Å². The summed E-state index contributed by atoms with van der Waals surface area (Å²) in [5.41, 5.74) is 2.20. The number of benzene rings is 1. The Labute approximate surface area is 116 Å². The van der Waals surface area contributed by atoms with Gasteiger partial charge in [-0.1, -0.05) is 12.1 Å². The van der Waals surface area contributed by atoms with Gasteiger partial charge in [-0.25, -0.2) is 4.98 Å². The van der Waals surface area contributed by atoms with Gasteiger partial charge in [0.05, 0.1) is 11.3 Å². The predicted molar refractivity (Wildman–Crippen MR) is 74.8 cm³/mol. The molecule has 0 aliphatic carbocycles. The number of Topliss-reactive ketones (excluding diaryl/α,β-unsaturated/α-hetero) is 1. The van der Waals surface area contributed by atoms with Crippen molar-refractivity contribution in [2.24, 2.45) is 7.05 Å². The fraction of sp³-hybridized carbons (Fsp3) is 0.267. The van der Waals surface area contributed by atoms with Crippen molar-refractivity contribution in [3.05, 3.63) is 47.5 Å². The first-order chi connectivity index (χ1) is 9.59. The summed E-state index contributed by atoms with van der Waals surface area (Å²) in [6, 6.07) is 5.43. The highest BCUT2D eigenvalue weighted by Crippen LogP contribution is 2.32. The Balaban J connectivity index is 1.90. The highest BCUT2D eigenvalue weighted by Gasteiger charge is 2.36. The Morgan fingerprint density at radius 1 is 1.25 bits per heavy atom. The average Bonchev–Trinajstić information content (AvgIpc) is 2.94. The van der Waals surface area contributed by atoms with Crippen molar-refractivity contribution in [3.63, 3.8) is 0 Å². The van der Waals surface area contributed by atoms with E-state index in [1.165, 1.54) is 0 Å². The zero-order valence-corrected chi connectivity index (χ0v) is 11.5. The third-order valence-corrected chi connectivity index (χ3v) is 3.67. The van der Waals surface area contributed by atoms with E-state index in [0.717, 1.165) is 17.1 Å². The normalized spacial score (nSPS) is 14.0. The van der Waals surface area contributed by atoms with Crippen LogP contribution in [0, 0.1) is 6.92 Å². The topological polar surface area (TPSA) is 55.2 Å². The zero-order chi connectivity index (χ0) is 14.3. The standard InChI is InChI=1S/C15H15N3O2/c1-10-4-3-5-11-13(10)18(15(20)14(11)19)8-6-12-16-7-9-17(12)2/h3-5,7,9H,6,8H2,1-2H3. The fourth-order valence-corrected chi connectivity index (χ4v) is 2.60. The summed E-state index contributed by atoms with van der Waals surface area (Å²) in [5.74, 6) is 0.0410. The molecule has 1 amide bonds. The molecule has 102 valence electrons. The van der Waals surface area contributed by atoms with Crippen LogP contribution >= 0.6 is 0 Å².